The maximum Gasteiger partial charge on any atom is 0.303 e. The van der Waals surface area contributed by atoms with Crippen LogP contribution in [0.15, 0.2) is 0 Å². The molecule has 1 amide bonds. The molecule has 1 aliphatic rings. The van der Waals surface area contributed by atoms with Crippen molar-refractivity contribution in [3.63, 3.8) is 0 Å². The lowest BCUT2D eigenvalue weighted by Gasteiger charge is -2.38. The third-order valence-electron chi connectivity index (χ3n) is 4.22. The van der Waals surface area contributed by atoms with Crippen molar-refractivity contribution in [2.75, 3.05) is 13.1 Å². The average molecular weight is 298 g/mol. The Balaban J connectivity index is 2.53. The lowest BCUT2D eigenvalue weighted by atomic mass is 9.77. The standard InChI is InChI=1S/C16H30N2O3/c1-11(2)8-12(9-13(19)20)10-18-15(21)14-16(3,4)6-5-7-17-14/h11-12,14,17H,5-10H2,1-4H3,(H,18,21)(H,19,20). The molecule has 1 fully saturated rings. The van der Waals surface area contributed by atoms with Crippen LogP contribution in [0.25, 0.3) is 0 Å². The van der Waals surface area contributed by atoms with Crippen LogP contribution in [-0.2, 0) is 9.59 Å². The van der Waals surface area contributed by atoms with Crippen LogP contribution in [0.3, 0.4) is 0 Å². The molecule has 0 bridgehead atoms. The van der Waals surface area contributed by atoms with E-state index in [1.54, 1.807) is 0 Å². The summed E-state index contributed by atoms with van der Waals surface area (Å²) in [6.45, 7) is 9.66. The van der Waals surface area contributed by atoms with E-state index in [1.807, 2.05) is 0 Å². The number of carbonyl (C=O) groups excluding carboxylic acids is 1. The Morgan fingerprint density at radius 1 is 1.38 bits per heavy atom. The first-order valence-electron chi connectivity index (χ1n) is 7.95. The van der Waals surface area contributed by atoms with E-state index < -0.39 is 5.97 Å². The number of carboxylic acid groups (broad SMARTS) is 1. The zero-order chi connectivity index (χ0) is 16.0. The van der Waals surface area contributed by atoms with Crippen molar-refractivity contribution in [3.8, 4) is 0 Å². The van der Waals surface area contributed by atoms with Gasteiger partial charge in [0.25, 0.3) is 0 Å². The molecule has 0 aromatic carbocycles. The lowest BCUT2D eigenvalue weighted by molar-refractivity contribution is -0.138. The summed E-state index contributed by atoms with van der Waals surface area (Å²) in [7, 11) is 0. The van der Waals surface area contributed by atoms with Gasteiger partial charge in [0.15, 0.2) is 0 Å². The van der Waals surface area contributed by atoms with Gasteiger partial charge in [-0.1, -0.05) is 27.7 Å². The van der Waals surface area contributed by atoms with E-state index in [1.165, 1.54) is 0 Å². The monoisotopic (exact) mass is 298 g/mol. The number of aliphatic carboxylic acids is 1. The molecule has 5 heteroatoms. The Kier molecular flexibility index (Phi) is 6.65. The van der Waals surface area contributed by atoms with Crippen molar-refractivity contribution in [2.24, 2.45) is 17.3 Å². The van der Waals surface area contributed by atoms with Gasteiger partial charge in [0.05, 0.1) is 6.04 Å². The molecular formula is C16H30N2O3. The van der Waals surface area contributed by atoms with Crippen molar-refractivity contribution in [2.45, 2.75) is 59.4 Å². The predicted octanol–water partition coefficient (Wildman–Crippen LogP) is 2.02. The van der Waals surface area contributed by atoms with Crippen LogP contribution >= 0.6 is 0 Å². The number of hydrogen-bond donors (Lipinski definition) is 3. The van der Waals surface area contributed by atoms with Crippen molar-refractivity contribution >= 4 is 11.9 Å². The predicted molar refractivity (Wildman–Crippen MR) is 83.0 cm³/mol. The third-order valence-corrected chi connectivity index (χ3v) is 4.22. The molecule has 1 saturated heterocycles. The molecule has 1 rings (SSSR count). The second-order valence-electron chi connectivity index (χ2n) is 7.32. The van der Waals surface area contributed by atoms with Gasteiger partial charge in [-0.2, -0.15) is 0 Å². The number of carbonyl (C=O) groups is 2. The fourth-order valence-electron chi connectivity index (χ4n) is 3.16. The fraction of sp³-hybridized carbons (Fsp3) is 0.875. The maximum atomic E-state index is 12.4. The van der Waals surface area contributed by atoms with Gasteiger partial charge in [-0.05, 0) is 43.1 Å². The number of rotatable bonds is 7. The maximum absolute atomic E-state index is 12.4. The molecule has 0 aromatic rings. The third kappa shape index (κ3) is 6.04. The fourth-order valence-corrected chi connectivity index (χ4v) is 3.16. The van der Waals surface area contributed by atoms with Gasteiger partial charge in [0, 0.05) is 13.0 Å². The molecule has 21 heavy (non-hydrogen) atoms. The van der Waals surface area contributed by atoms with E-state index in [-0.39, 0.29) is 29.7 Å². The summed E-state index contributed by atoms with van der Waals surface area (Å²) in [5, 5.41) is 15.2. The molecule has 2 atom stereocenters. The van der Waals surface area contributed by atoms with Gasteiger partial charge in [-0.3, -0.25) is 9.59 Å². The van der Waals surface area contributed by atoms with Crippen molar-refractivity contribution in [1.29, 1.82) is 0 Å². The highest BCUT2D eigenvalue weighted by molar-refractivity contribution is 5.82. The molecule has 2 unspecified atom stereocenters. The Morgan fingerprint density at radius 2 is 2.05 bits per heavy atom. The van der Waals surface area contributed by atoms with Gasteiger partial charge < -0.3 is 15.7 Å². The summed E-state index contributed by atoms with van der Waals surface area (Å²) in [5.41, 5.74) is -0.0529. The van der Waals surface area contributed by atoms with E-state index in [0.29, 0.717) is 12.5 Å². The minimum absolute atomic E-state index is 0.00107. The zero-order valence-electron chi connectivity index (χ0n) is 13.7. The Morgan fingerprint density at radius 3 is 2.57 bits per heavy atom. The summed E-state index contributed by atoms with van der Waals surface area (Å²) in [5.74, 6) is -0.376. The second kappa shape index (κ2) is 7.78. The largest absolute Gasteiger partial charge is 0.481 e. The lowest BCUT2D eigenvalue weighted by Crippen LogP contribution is -2.56. The van der Waals surface area contributed by atoms with Gasteiger partial charge in [0.1, 0.15) is 0 Å². The molecule has 0 aliphatic carbocycles. The van der Waals surface area contributed by atoms with Crippen LogP contribution < -0.4 is 10.6 Å². The van der Waals surface area contributed by atoms with Gasteiger partial charge >= 0.3 is 5.97 Å². The molecule has 3 N–H and O–H groups in total. The van der Waals surface area contributed by atoms with E-state index in [2.05, 4.69) is 38.3 Å². The summed E-state index contributed by atoms with van der Waals surface area (Å²) in [4.78, 5) is 23.3. The summed E-state index contributed by atoms with van der Waals surface area (Å²) in [6.07, 6.45) is 3.04. The smallest absolute Gasteiger partial charge is 0.303 e. The number of piperidine rings is 1. The second-order valence-corrected chi connectivity index (χ2v) is 7.32. The Bertz CT molecular complexity index is 367. The minimum atomic E-state index is -0.800. The van der Waals surface area contributed by atoms with Crippen LogP contribution in [0, 0.1) is 17.3 Å². The summed E-state index contributed by atoms with van der Waals surface area (Å²) < 4.78 is 0. The highest BCUT2D eigenvalue weighted by atomic mass is 16.4. The summed E-state index contributed by atoms with van der Waals surface area (Å²) >= 11 is 0. The van der Waals surface area contributed by atoms with Crippen LogP contribution in [0.4, 0.5) is 0 Å². The quantitative estimate of drug-likeness (QED) is 0.672. The topological polar surface area (TPSA) is 78.4 Å². The Hall–Kier alpha value is -1.10. The van der Waals surface area contributed by atoms with Crippen molar-refractivity contribution < 1.29 is 14.7 Å². The molecule has 1 heterocycles. The van der Waals surface area contributed by atoms with Gasteiger partial charge in [-0.25, -0.2) is 0 Å². The minimum Gasteiger partial charge on any atom is -0.481 e. The molecule has 122 valence electrons. The van der Waals surface area contributed by atoms with Crippen LogP contribution in [0.1, 0.15) is 53.4 Å². The van der Waals surface area contributed by atoms with E-state index in [0.717, 1.165) is 25.8 Å². The highest BCUT2D eigenvalue weighted by Crippen LogP contribution is 2.30. The molecule has 0 saturated carbocycles. The Labute approximate surface area is 127 Å². The van der Waals surface area contributed by atoms with Gasteiger partial charge in [-0.15, -0.1) is 0 Å². The van der Waals surface area contributed by atoms with E-state index >= 15 is 0 Å². The van der Waals surface area contributed by atoms with Crippen LogP contribution in [0.2, 0.25) is 0 Å². The first-order valence-corrected chi connectivity index (χ1v) is 7.95. The van der Waals surface area contributed by atoms with Crippen molar-refractivity contribution in [3.05, 3.63) is 0 Å². The van der Waals surface area contributed by atoms with Gasteiger partial charge in [0.2, 0.25) is 5.91 Å². The SMILES string of the molecule is CC(C)CC(CNC(=O)C1NCCCC1(C)C)CC(=O)O. The zero-order valence-corrected chi connectivity index (χ0v) is 13.7. The highest BCUT2D eigenvalue weighted by Gasteiger charge is 2.37. The van der Waals surface area contributed by atoms with Crippen LogP contribution in [0.5, 0.6) is 0 Å². The number of hydrogen-bond acceptors (Lipinski definition) is 3. The molecule has 0 radical (unpaired) electrons. The first kappa shape index (κ1) is 18.0. The normalized spacial score (nSPS) is 22.8. The van der Waals surface area contributed by atoms with E-state index in [9.17, 15) is 9.59 Å². The number of nitrogens with one attached hydrogen (secondary N) is 2. The summed E-state index contributed by atoms with van der Waals surface area (Å²) in [6, 6.07) is -0.184. The molecule has 0 spiro atoms. The number of amides is 1. The van der Waals surface area contributed by atoms with Crippen LogP contribution in [-0.4, -0.2) is 36.1 Å². The molecule has 1 aliphatic heterocycles. The number of carboxylic acids is 1. The average Bonchev–Trinajstić information content (AvgIpc) is 2.33. The first-order chi connectivity index (χ1) is 9.72. The van der Waals surface area contributed by atoms with Crippen molar-refractivity contribution in [1.82, 2.24) is 10.6 Å². The molecule has 0 aromatic heterocycles. The molecular weight excluding hydrogens is 268 g/mol. The molecule has 5 nitrogen and oxygen atoms in total. The van der Waals surface area contributed by atoms with E-state index in [4.69, 9.17) is 5.11 Å².